The van der Waals surface area contributed by atoms with Gasteiger partial charge in [-0.05, 0) is 30.0 Å². The predicted octanol–water partition coefficient (Wildman–Crippen LogP) is 1.28. The summed E-state index contributed by atoms with van der Waals surface area (Å²) >= 11 is 0. The SMILES string of the molecule is CC1CCOC1C(N)c1ccc2[nH]c(=O)[nH]c2c1. The molecule has 1 saturated heterocycles. The van der Waals surface area contributed by atoms with E-state index in [4.69, 9.17) is 10.5 Å². The van der Waals surface area contributed by atoms with Gasteiger partial charge in [0.2, 0.25) is 0 Å². The summed E-state index contributed by atoms with van der Waals surface area (Å²) < 4.78 is 5.69. The number of aromatic nitrogens is 2. The Bertz CT molecular complexity index is 616. The molecule has 0 spiro atoms. The number of nitrogens with two attached hydrogens (primary N) is 1. The molecule has 5 heteroatoms. The fourth-order valence-corrected chi connectivity index (χ4v) is 2.62. The molecule has 0 aliphatic carbocycles. The van der Waals surface area contributed by atoms with Gasteiger partial charge < -0.3 is 20.4 Å². The first-order valence-electron chi connectivity index (χ1n) is 6.24. The third-order valence-corrected chi connectivity index (χ3v) is 3.72. The van der Waals surface area contributed by atoms with Crippen molar-refractivity contribution in [3.63, 3.8) is 0 Å². The molecule has 0 bridgehead atoms. The Morgan fingerprint density at radius 1 is 1.39 bits per heavy atom. The number of fused-ring (bicyclic) bond motifs is 1. The second-order valence-corrected chi connectivity index (χ2v) is 5.01. The van der Waals surface area contributed by atoms with Crippen LogP contribution in [-0.4, -0.2) is 22.7 Å². The standard InChI is InChI=1S/C13H17N3O2/c1-7-4-5-18-12(7)11(14)8-2-3-9-10(6-8)16-13(17)15-9/h2-3,6-7,11-12H,4-5,14H2,1H3,(H2,15,16,17). The van der Waals surface area contributed by atoms with E-state index in [2.05, 4.69) is 16.9 Å². The molecule has 96 valence electrons. The van der Waals surface area contributed by atoms with Gasteiger partial charge in [0.15, 0.2) is 0 Å². The van der Waals surface area contributed by atoms with Crippen LogP contribution in [0.4, 0.5) is 0 Å². The minimum absolute atomic E-state index is 0.0631. The lowest BCUT2D eigenvalue weighted by molar-refractivity contribution is 0.0725. The van der Waals surface area contributed by atoms with Crippen LogP contribution in [-0.2, 0) is 4.74 Å². The molecule has 2 heterocycles. The molecule has 5 nitrogen and oxygen atoms in total. The maximum atomic E-state index is 11.2. The molecule has 3 unspecified atom stereocenters. The van der Waals surface area contributed by atoms with E-state index in [0.29, 0.717) is 5.92 Å². The van der Waals surface area contributed by atoms with Crippen molar-refractivity contribution in [1.29, 1.82) is 0 Å². The summed E-state index contributed by atoms with van der Waals surface area (Å²) in [5, 5.41) is 0. The summed E-state index contributed by atoms with van der Waals surface area (Å²) in [5.74, 6) is 0.473. The van der Waals surface area contributed by atoms with Gasteiger partial charge in [-0.2, -0.15) is 0 Å². The number of aromatic amines is 2. The van der Waals surface area contributed by atoms with E-state index in [0.717, 1.165) is 29.6 Å². The van der Waals surface area contributed by atoms with Crippen LogP contribution in [0.1, 0.15) is 24.9 Å². The number of H-pyrrole nitrogens is 2. The summed E-state index contributed by atoms with van der Waals surface area (Å²) in [6.45, 7) is 2.94. The number of hydrogen-bond acceptors (Lipinski definition) is 3. The first-order chi connectivity index (χ1) is 8.65. The molecular weight excluding hydrogens is 230 g/mol. The topological polar surface area (TPSA) is 83.9 Å². The molecule has 1 aliphatic heterocycles. The van der Waals surface area contributed by atoms with Crippen molar-refractivity contribution in [3.05, 3.63) is 34.2 Å². The van der Waals surface area contributed by atoms with Crippen LogP contribution in [0.15, 0.2) is 23.0 Å². The number of rotatable bonds is 2. The lowest BCUT2D eigenvalue weighted by atomic mass is 9.93. The van der Waals surface area contributed by atoms with E-state index in [1.807, 2.05) is 18.2 Å². The number of hydrogen-bond donors (Lipinski definition) is 3. The molecule has 1 fully saturated rings. The second kappa shape index (κ2) is 4.26. The zero-order valence-corrected chi connectivity index (χ0v) is 10.3. The Morgan fingerprint density at radius 3 is 2.89 bits per heavy atom. The van der Waals surface area contributed by atoms with Gasteiger partial charge in [-0.25, -0.2) is 4.79 Å². The quantitative estimate of drug-likeness (QED) is 0.747. The van der Waals surface area contributed by atoms with Gasteiger partial charge in [-0.3, -0.25) is 0 Å². The Kier molecular flexibility index (Phi) is 2.72. The number of imidazole rings is 1. The molecule has 18 heavy (non-hydrogen) atoms. The Hall–Kier alpha value is -1.59. The van der Waals surface area contributed by atoms with Gasteiger partial charge in [0.25, 0.3) is 0 Å². The van der Waals surface area contributed by atoms with Crippen LogP contribution in [0.5, 0.6) is 0 Å². The Labute approximate surface area is 104 Å². The lowest BCUT2D eigenvalue weighted by Gasteiger charge is -2.22. The first-order valence-corrected chi connectivity index (χ1v) is 6.24. The van der Waals surface area contributed by atoms with Crippen LogP contribution in [0.3, 0.4) is 0 Å². The van der Waals surface area contributed by atoms with Crippen molar-refractivity contribution in [2.24, 2.45) is 11.7 Å². The van der Waals surface area contributed by atoms with Gasteiger partial charge in [0, 0.05) is 6.61 Å². The van der Waals surface area contributed by atoms with Crippen LogP contribution in [0.2, 0.25) is 0 Å². The van der Waals surface area contributed by atoms with Gasteiger partial charge >= 0.3 is 5.69 Å². The fourth-order valence-electron chi connectivity index (χ4n) is 2.62. The zero-order valence-electron chi connectivity index (χ0n) is 10.3. The van der Waals surface area contributed by atoms with E-state index < -0.39 is 0 Å². The van der Waals surface area contributed by atoms with Crippen LogP contribution >= 0.6 is 0 Å². The van der Waals surface area contributed by atoms with E-state index in [1.54, 1.807) is 0 Å². The van der Waals surface area contributed by atoms with Gasteiger partial charge in [-0.1, -0.05) is 13.0 Å². The van der Waals surface area contributed by atoms with Gasteiger partial charge in [-0.15, -0.1) is 0 Å². The molecule has 1 aliphatic rings. The first kappa shape index (κ1) is 11.5. The molecule has 1 aromatic heterocycles. The van der Waals surface area contributed by atoms with E-state index in [1.165, 1.54) is 0 Å². The highest BCUT2D eigenvalue weighted by atomic mass is 16.5. The normalized spacial score (nSPS) is 25.7. The molecule has 0 saturated carbocycles. The summed E-state index contributed by atoms with van der Waals surface area (Å²) in [7, 11) is 0. The lowest BCUT2D eigenvalue weighted by Crippen LogP contribution is -2.29. The van der Waals surface area contributed by atoms with E-state index >= 15 is 0 Å². The minimum Gasteiger partial charge on any atom is -0.376 e. The highest BCUT2D eigenvalue weighted by molar-refractivity contribution is 5.75. The Balaban J connectivity index is 1.95. The third-order valence-electron chi connectivity index (χ3n) is 3.72. The highest BCUT2D eigenvalue weighted by Crippen LogP contribution is 2.30. The minimum atomic E-state index is -0.193. The van der Waals surface area contributed by atoms with Crippen molar-refractivity contribution in [2.45, 2.75) is 25.5 Å². The molecule has 2 aromatic rings. The predicted molar refractivity (Wildman–Crippen MR) is 69.4 cm³/mol. The average molecular weight is 247 g/mol. The third kappa shape index (κ3) is 1.85. The van der Waals surface area contributed by atoms with Gasteiger partial charge in [0.05, 0.1) is 23.2 Å². The van der Waals surface area contributed by atoms with Gasteiger partial charge in [0.1, 0.15) is 0 Å². The molecule has 0 amide bonds. The summed E-state index contributed by atoms with van der Waals surface area (Å²) in [4.78, 5) is 16.7. The average Bonchev–Trinajstić information content (AvgIpc) is 2.91. The van der Waals surface area contributed by atoms with Crippen molar-refractivity contribution in [3.8, 4) is 0 Å². The number of ether oxygens (including phenoxy) is 1. The molecule has 3 rings (SSSR count). The second-order valence-electron chi connectivity index (χ2n) is 5.01. The molecular formula is C13H17N3O2. The van der Waals surface area contributed by atoms with Crippen LogP contribution in [0, 0.1) is 5.92 Å². The molecule has 1 aromatic carbocycles. The monoisotopic (exact) mass is 247 g/mol. The summed E-state index contributed by atoms with van der Waals surface area (Å²) in [6, 6.07) is 5.60. The highest BCUT2D eigenvalue weighted by Gasteiger charge is 2.30. The van der Waals surface area contributed by atoms with E-state index in [9.17, 15) is 4.79 Å². The van der Waals surface area contributed by atoms with Crippen LogP contribution in [0.25, 0.3) is 11.0 Å². The largest absolute Gasteiger partial charge is 0.376 e. The van der Waals surface area contributed by atoms with Crippen molar-refractivity contribution < 1.29 is 4.74 Å². The molecule has 3 atom stereocenters. The van der Waals surface area contributed by atoms with Crippen molar-refractivity contribution >= 4 is 11.0 Å². The van der Waals surface area contributed by atoms with Crippen molar-refractivity contribution in [1.82, 2.24) is 9.97 Å². The van der Waals surface area contributed by atoms with E-state index in [-0.39, 0.29) is 17.8 Å². The Morgan fingerprint density at radius 2 is 2.17 bits per heavy atom. The summed E-state index contributed by atoms with van der Waals surface area (Å²) in [6.07, 6.45) is 1.12. The maximum Gasteiger partial charge on any atom is 0.323 e. The molecule has 4 N–H and O–H groups in total. The number of benzene rings is 1. The zero-order chi connectivity index (χ0) is 12.7. The number of nitrogens with one attached hydrogen (secondary N) is 2. The summed E-state index contributed by atoms with van der Waals surface area (Å²) in [5.41, 5.74) is 8.66. The smallest absolute Gasteiger partial charge is 0.323 e. The fraction of sp³-hybridized carbons (Fsp3) is 0.462. The molecule has 0 radical (unpaired) electrons. The van der Waals surface area contributed by atoms with Crippen molar-refractivity contribution in [2.75, 3.05) is 6.61 Å². The maximum absolute atomic E-state index is 11.2. The van der Waals surface area contributed by atoms with Crippen LogP contribution < -0.4 is 11.4 Å².